The molecule has 2 saturated heterocycles. The van der Waals surface area contributed by atoms with E-state index in [2.05, 4.69) is 15.0 Å². The van der Waals surface area contributed by atoms with Crippen molar-refractivity contribution in [2.75, 3.05) is 24.6 Å². The Balaban J connectivity index is 1.85. The second-order valence-corrected chi connectivity index (χ2v) is 6.03. The number of anilines is 1. The van der Waals surface area contributed by atoms with Crippen molar-refractivity contribution in [3.8, 4) is 11.5 Å². The average molecular weight is 352 g/mol. The molecule has 2 fully saturated rings. The largest absolute Gasteiger partial charge is 0.387 e. The summed E-state index contributed by atoms with van der Waals surface area (Å²) in [5.74, 6) is -0.721. The predicted octanol–water partition coefficient (Wildman–Crippen LogP) is -1.46. The minimum Gasteiger partial charge on any atom is -0.387 e. The molecule has 0 bridgehead atoms. The van der Waals surface area contributed by atoms with Crippen LogP contribution in [0.5, 0.6) is 0 Å². The van der Waals surface area contributed by atoms with E-state index in [0.717, 1.165) is 17.2 Å². The third kappa shape index (κ3) is 2.56. The van der Waals surface area contributed by atoms with Gasteiger partial charge in [0.2, 0.25) is 5.95 Å². The van der Waals surface area contributed by atoms with E-state index >= 15 is 0 Å². The van der Waals surface area contributed by atoms with Gasteiger partial charge in [0.15, 0.2) is 23.6 Å². The normalized spacial score (nSPS) is 29.2. The standard InChI is InChI=1S/C14H15FN5O5/c15-7-4-20(13-10(23)9(22)6(5-21)25-13)12-8(16-7)11(17-14(24)18-12)19-2-1-3-19/h4,6,9-10,13,22-23H,1-3,5H2/t6-,9-,10-,13+/m1/s1. The third-order valence-electron chi connectivity index (χ3n) is 4.47. The number of aromatic nitrogens is 4. The fraction of sp³-hybridized carbons (Fsp3) is 0.571. The lowest BCUT2D eigenvalue weighted by atomic mass is 10.1. The summed E-state index contributed by atoms with van der Waals surface area (Å²) in [6.07, 6.45) is -3.51. The van der Waals surface area contributed by atoms with E-state index in [1.165, 1.54) is 0 Å². The van der Waals surface area contributed by atoms with Gasteiger partial charge >= 0.3 is 5.69 Å². The molecule has 25 heavy (non-hydrogen) atoms. The Kier molecular flexibility index (Phi) is 3.87. The lowest BCUT2D eigenvalue weighted by Crippen LogP contribution is -2.40. The van der Waals surface area contributed by atoms with Crippen LogP contribution in [0.1, 0.15) is 12.6 Å². The van der Waals surface area contributed by atoms with E-state index in [9.17, 15) is 24.5 Å². The minimum atomic E-state index is -1.48. The molecule has 0 amide bonds. The summed E-state index contributed by atoms with van der Waals surface area (Å²) in [7, 11) is 0. The minimum absolute atomic E-state index is 0.0360. The molecule has 4 aliphatic rings. The lowest BCUT2D eigenvalue weighted by Gasteiger charge is -2.33. The molecule has 0 spiro atoms. The van der Waals surface area contributed by atoms with E-state index in [1.807, 2.05) is 0 Å². The summed E-state index contributed by atoms with van der Waals surface area (Å²) in [6.45, 7) is 0.536. The summed E-state index contributed by atoms with van der Waals surface area (Å²) in [5, 5.41) is 31.1. The predicted molar refractivity (Wildman–Crippen MR) is 79.0 cm³/mol. The SMILES string of the molecule is [O]C[C@H]1O[C@H](n2cc(F)nc3c(N4CCC4)nc(=O)nc2-3)[C@H](O)[C@@H]1O. The third-order valence-corrected chi connectivity index (χ3v) is 4.47. The van der Waals surface area contributed by atoms with Gasteiger partial charge in [-0.05, 0) is 6.42 Å². The second kappa shape index (κ2) is 5.95. The molecule has 10 nitrogen and oxygen atoms in total. The van der Waals surface area contributed by atoms with Gasteiger partial charge in [0.05, 0.1) is 6.20 Å². The number of aliphatic hydroxyl groups is 2. The number of nitrogens with zero attached hydrogens (tertiary/aromatic N) is 5. The van der Waals surface area contributed by atoms with Crippen LogP contribution in [0.3, 0.4) is 0 Å². The summed E-state index contributed by atoms with van der Waals surface area (Å²) < 4.78 is 20.5. The molecule has 0 aliphatic carbocycles. The van der Waals surface area contributed by atoms with E-state index < -0.39 is 42.8 Å². The molecular weight excluding hydrogens is 337 g/mol. The fourth-order valence-electron chi connectivity index (χ4n) is 3.04. The Morgan fingerprint density at radius 1 is 1.24 bits per heavy atom. The maximum atomic E-state index is 14.1. The van der Waals surface area contributed by atoms with E-state index in [4.69, 9.17) is 4.74 Å². The molecule has 4 atom stereocenters. The molecular formula is C14H15FN5O5. The van der Waals surface area contributed by atoms with E-state index in [0.29, 0.717) is 13.1 Å². The number of ether oxygens (including phenoxy) is 1. The van der Waals surface area contributed by atoms with Gasteiger partial charge in [-0.3, -0.25) is 4.57 Å². The first kappa shape index (κ1) is 16.3. The molecule has 0 aromatic heterocycles. The fourth-order valence-corrected chi connectivity index (χ4v) is 3.04. The second-order valence-electron chi connectivity index (χ2n) is 6.03. The van der Waals surface area contributed by atoms with Crippen molar-refractivity contribution in [3.63, 3.8) is 0 Å². The van der Waals surface area contributed by atoms with Crippen molar-refractivity contribution in [1.82, 2.24) is 19.5 Å². The van der Waals surface area contributed by atoms with Gasteiger partial charge in [0.1, 0.15) is 24.9 Å². The average Bonchev–Trinajstić information content (AvgIpc) is 2.81. The van der Waals surface area contributed by atoms with Gasteiger partial charge in [0, 0.05) is 13.1 Å². The molecule has 0 unspecified atom stereocenters. The van der Waals surface area contributed by atoms with Gasteiger partial charge in [-0.25, -0.2) is 14.9 Å². The van der Waals surface area contributed by atoms with Crippen LogP contribution in [0.25, 0.3) is 11.5 Å². The van der Waals surface area contributed by atoms with Crippen LogP contribution >= 0.6 is 0 Å². The van der Waals surface area contributed by atoms with Crippen LogP contribution in [0.4, 0.5) is 10.2 Å². The van der Waals surface area contributed by atoms with Crippen LogP contribution < -0.4 is 10.6 Å². The maximum absolute atomic E-state index is 14.1. The van der Waals surface area contributed by atoms with Gasteiger partial charge in [-0.1, -0.05) is 0 Å². The molecule has 4 heterocycles. The molecule has 1 radical (unpaired) electrons. The Bertz CT molecular complexity index is 828. The lowest BCUT2D eigenvalue weighted by molar-refractivity contribution is -0.0639. The smallest absolute Gasteiger partial charge is 0.371 e. The molecule has 133 valence electrons. The quantitative estimate of drug-likeness (QED) is 0.684. The van der Waals surface area contributed by atoms with Gasteiger partial charge in [0.25, 0.3) is 0 Å². The number of hydrogen-bond acceptors (Lipinski definition) is 8. The molecule has 4 aliphatic heterocycles. The van der Waals surface area contributed by atoms with Crippen molar-refractivity contribution in [2.24, 2.45) is 0 Å². The van der Waals surface area contributed by atoms with Crippen molar-refractivity contribution >= 4 is 5.82 Å². The highest BCUT2D eigenvalue weighted by molar-refractivity contribution is 5.68. The highest BCUT2D eigenvalue weighted by Crippen LogP contribution is 2.35. The Morgan fingerprint density at radius 3 is 2.60 bits per heavy atom. The molecule has 2 N–H and O–H groups in total. The van der Waals surface area contributed by atoms with Crippen LogP contribution in [0.15, 0.2) is 11.0 Å². The number of hydrogen-bond donors (Lipinski definition) is 2. The topological polar surface area (TPSA) is 134 Å². The summed E-state index contributed by atoms with van der Waals surface area (Å²) >= 11 is 0. The molecule has 0 saturated carbocycles. The van der Waals surface area contributed by atoms with Crippen molar-refractivity contribution in [2.45, 2.75) is 31.0 Å². The summed E-state index contributed by atoms with van der Waals surface area (Å²) in [4.78, 5) is 25.0. The zero-order chi connectivity index (χ0) is 17.7. The van der Waals surface area contributed by atoms with Crippen molar-refractivity contribution in [1.29, 1.82) is 0 Å². The molecule has 0 aromatic rings. The summed E-state index contributed by atoms with van der Waals surface area (Å²) in [5.41, 5.74) is -0.736. The van der Waals surface area contributed by atoms with Gasteiger partial charge in [-0.15, -0.1) is 0 Å². The van der Waals surface area contributed by atoms with Crippen LogP contribution in [0.2, 0.25) is 0 Å². The number of fused-ring (bicyclic) bond motifs is 1. The highest BCUT2D eigenvalue weighted by atomic mass is 19.1. The number of rotatable bonds is 3. The molecule has 4 rings (SSSR count). The monoisotopic (exact) mass is 352 g/mol. The first-order chi connectivity index (χ1) is 12.0. The van der Waals surface area contributed by atoms with Crippen LogP contribution in [-0.2, 0) is 9.84 Å². The molecule has 11 heteroatoms. The molecule has 0 aromatic carbocycles. The van der Waals surface area contributed by atoms with E-state index in [-0.39, 0.29) is 17.3 Å². The Labute approximate surface area is 140 Å². The van der Waals surface area contributed by atoms with Crippen molar-refractivity contribution in [3.05, 3.63) is 22.6 Å². The van der Waals surface area contributed by atoms with Gasteiger partial charge < -0.3 is 19.8 Å². The Hall–Kier alpha value is -2.21. The first-order valence-electron chi connectivity index (χ1n) is 7.80. The Morgan fingerprint density at radius 2 is 2.00 bits per heavy atom. The zero-order valence-corrected chi connectivity index (χ0v) is 12.9. The van der Waals surface area contributed by atoms with E-state index in [1.54, 1.807) is 4.90 Å². The van der Waals surface area contributed by atoms with Gasteiger partial charge in [-0.2, -0.15) is 14.4 Å². The van der Waals surface area contributed by atoms with Crippen molar-refractivity contribution < 1.29 is 24.4 Å². The zero-order valence-electron chi connectivity index (χ0n) is 12.9. The highest BCUT2D eigenvalue weighted by Gasteiger charge is 2.45. The van der Waals surface area contributed by atoms with Crippen LogP contribution in [0, 0.1) is 5.95 Å². The number of aliphatic hydroxyl groups excluding tert-OH is 2. The number of halogens is 1. The summed E-state index contributed by atoms with van der Waals surface area (Å²) in [6, 6.07) is 0. The van der Waals surface area contributed by atoms with Crippen LogP contribution in [-0.4, -0.2) is 67.7 Å². The maximum Gasteiger partial charge on any atom is 0.371 e. The first-order valence-corrected chi connectivity index (χ1v) is 7.80.